The first-order chi connectivity index (χ1) is 9.08. The molecule has 3 N–H and O–H groups in total. The third-order valence-electron chi connectivity index (χ3n) is 3.11. The van der Waals surface area contributed by atoms with Crippen molar-refractivity contribution in [2.24, 2.45) is 0 Å². The number of phenols is 2. The van der Waals surface area contributed by atoms with Gasteiger partial charge >= 0.3 is 5.97 Å². The minimum Gasteiger partial charge on any atom is -0.508 e. The summed E-state index contributed by atoms with van der Waals surface area (Å²) in [6.45, 7) is 7.66. The van der Waals surface area contributed by atoms with E-state index in [9.17, 15) is 9.90 Å². The Hall–Kier alpha value is -1.75. The van der Waals surface area contributed by atoms with Crippen molar-refractivity contribution in [3.8, 4) is 11.5 Å². The lowest BCUT2D eigenvalue weighted by Gasteiger charge is -2.15. The number of hydrogen-bond donors (Lipinski definition) is 3. The van der Waals surface area contributed by atoms with Crippen molar-refractivity contribution >= 4 is 5.97 Å². The normalized spacial score (nSPS) is 10.7. The molecule has 0 bridgehead atoms. The topological polar surface area (TPSA) is 71.2 Å². The molecule has 106 valence electrons. The number of esters is 1. The molecule has 0 unspecified atom stereocenters. The third kappa shape index (κ3) is 4.79. The molecule has 0 aromatic heterocycles. The Bertz CT molecular complexity index is 416. The second-order valence-corrected chi connectivity index (χ2v) is 4.40. The van der Waals surface area contributed by atoms with E-state index in [0.717, 1.165) is 32.1 Å². The molecule has 0 saturated heterocycles. The predicted octanol–water partition coefficient (Wildman–Crippen LogP) is 0.569. The van der Waals surface area contributed by atoms with Gasteiger partial charge < -0.3 is 19.8 Å². The van der Waals surface area contributed by atoms with Gasteiger partial charge in [-0.2, -0.15) is 0 Å². The van der Waals surface area contributed by atoms with Crippen LogP contribution >= 0.6 is 0 Å². The number of benzene rings is 1. The van der Waals surface area contributed by atoms with Gasteiger partial charge in [-0.3, -0.25) is 0 Å². The molecule has 0 amide bonds. The fourth-order valence-electron chi connectivity index (χ4n) is 1.86. The van der Waals surface area contributed by atoms with Gasteiger partial charge in [0.05, 0.1) is 26.2 Å². The van der Waals surface area contributed by atoms with E-state index in [1.165, 1.54) is 17.0 Å². The molecular weight excluding hydrogens is 246 g/mol. The zero-order valence-electron chi connectivity index (χ0n) is 11.5. The Morgan fingerprint density at radius 1 is 1.26 bits per heavy atom. The lowest BCUT2D eigenvalue weighted by Crippen LogP contribution is -3.11. The van der Waals surface area contributed by atoms with E-state index in [2.05, 4.69) is 13.8 Å². The van der Waals surface area contributed by atoms with Crippen LogP contribution in [0, 0.1) is 0 Å². The van der Waals surface area contributed by atoms with Crippen LogP contribution in [0.3, 0.4) is 0 Å². The molecule has 1 aromatic carbocycles. The number of hydrogen-bond acceptors (Lipinski definition) is 4. The number of phenolic OH excluding ortho intramolecular Hbond substituents is 2. The van der Waals surface area contributed by atoms with Crippen LogP contribution in [0.4, 0.5) is 0 Å². The van der Waals surface area contributed by atoms with E-state index in [1.807, 2.05) is 0 Å². The molecule has 0 fully saturated rings. The minimum atomic E-state index is -0.563. The highest BCUT2D eigenvalue weighted by atomic mass is 16.5. The quantitative estimate of drug-likeness (QED) is 0.499. The molecule has 0 saturated carbocycles. The molecular formula is C14H22NO4+. The van der Waals surface area contributed by atoms with Crippen molar-refractivity contribution in [3.05, 3.63) is 23.8 Å². The smallest absolute Gasteiger partial charge is 0.341 e. The predicted molar refractivity (Wildman–Crippen MR) is 71.6 cm³/mol. The zero-order chi connectivity index (χ0) is 14.3. The van der Waals surface area contributed by atoms with Crippen LogP contribution in [-0.2, 0) is 4.74 Å². The van der Waals surface area contributed by atoms with Gasteiger partial charge in [-0.25, -0.2) is 4.79 Å². The van der Waals surface area contributed by atoms with Gasteiger partial charge in [-0.05, 0) is 26.0 Å². The standard InChI is InChI=1S/C14H21NO4/c1-3-15(4-2)8-5-9-19-14(18)12-7-6-11(16)10-13(12)17/h6-7,10,16-17H,3-5,8-9H2,1-2H3/p+1. The molecule has 0 atom stereocenters. The van der Waals surface area contributed by atoms with Gasteiger partial charge in [0.1, 0.15) is 17.1 Å². The fourth-order valence-corrected chi connectivity index (χ4v) is 1.86. The largest absolute Gasteiger partial charge is 0.508 e. The molecule has 19 heavy (non-hydrogen) atoms. The van der Waals surface area contributed by atoms with Gasteiger partial charge in [0.15, 0.2) is 0 Å². The second-order valence-electron chi connectivity index (χ2n) is 4.40. The van der Waals surface area contributed by atoms with Crippen LogP contribution in [0.25, 0.3) is 0 Å². The summed E-state index contributed by atoms with van der Waals surface area (Å²) >= 11 is 0. The van der Waals surface area contributed by atoms with Gasteiger partial charge in [-0.15, -0.1) is 0 Å². The van der Waals surface area contributed by atoms with Crippen LogP contribution in [-0.4, -0.2) is 42.4 Å². The van der Waals surface area contributed by atoms with Gasteiger partial charge in [0.25, 0.3) is 0 Å². The Balaban J connectivity index is 2.39. The highest BCUT2D eigenvalue weighted by Crippen LogP contribution is 2.23. The van der Waals surface area contributed by atoms with E-state index in [4.69, 9.17) is 9.84 Å². The van der Waals surface area contributed by atoms with Crippen molar-refractivity contribution in [3.63, 3.8) is 0 Å². The number of carbonyl (C=O) groups is 1. The summed E-state index contributed by atoms with van der Waals surface area (Å²) in [5.74, 6) is -0.911. The average Bonchev–Trinajstić information content (AvgIpc) is 2.38. The molecule has 1 aromatic rings. The first-order valence-electron chi connectivity index (χ1n) is 6.61. The summed E-state index contributed by atoms with van der Waals surface area (Å²) in [4.78, 5) is 13.2. The van der Waals surface area contributed by atoms with Gasteiger partial charge in [0, 0.05) is 12.5 Å². The molecule has 5 nitrogen and oxygen atoms in total. The number of aromatic hydroxyl groups is 2. The van der Waals surface area contributed by atoms with E-state index in [1.54, 1.807) is 0 Å². The summed E-state index contributed by atoms with van der Waals surface area (Å²) in [5.41, 5.74) is 0.0768. The Labute approximate surface area is 113 Å². The SMILES string of the molecule is CC[NH+](CC)CCCOC(=O)c1ccc(O)cc1O. The van der Waals surface area contributed by atoms with E-state index in [-0.39, 0.29) is 17.1 Å². The van der Waals surface area contributed by atoms with Crippen molar-refractivity contribution in [1.82, 2.24) is 0 Å². The monoisotopic (exact) mass is 268 g/mol. The molecule has 0 heterocycles. The second kappa shape index (κ2) is 7.63. The Morgan fingerprint density at radius 3 is 2.53 bits per heavy atom. The molecule has 0 aliphatic rings. The van der Waals surface area contributed by atoms with Gasteiger partial charge in [0.2, 0.25) is 0 Å². The average molecular weight is 268 g/mol. The third-order valence-corrected chi connectivity index (χ3v) is 3.11. The van der Waals surface area contributed by atoms with E-state index < -0.39 is 5.97 Å². The molecule has 5 heteroatoms. The molecule has 0 aliphatic heterocycles. The van der Waals surface area contributed by atoms with Crippen molar-refractivity contribution in [2.45, 2.75) is 20.3 Å². The molecule has 0 radical (unpaired) electrons. The number of quaternary nitrogens is 1. The number of ether oxygens (including phenoxy) is 1. The first kappa shape index (κ1) is 15.3. The minimum absolute atomic E-state index is 0.0768. The number of nitrogens with one attached hydrogen (secondary N) is 1. The van der Waals surface area contributed by atoms with Crippen LogP contribution in [0.1, 0.15) is 30.6 Å². The van der Waals surface area contributed by atoms with Crippen molar-refractivity contribution < 1.29 is 24.6 Å². The van der Waals surface area contributed by atoms with Crippen molar-refractivity contribution in [2.75, 3.05) is 26.2 Å². The fraction of sp³-hybridized carbons (Fsp3) is 0.500. The molecule has 0 spiro atoms. The lowest BCUT2D eigenvalue weighted by atomic mass is 10.2. The van der Waals surface area contributed by atoms with Gasteiger partial charge in [-0.1, -0.05) is 0 Å². The highest BCUT2D eigenvalue weighted by molar-refractivity contribution is 5.92. The summed E-state index contributed by atoms with van der Waals surface area (Å²) in [7, 11) is 0. The summed E-state index contributed by atoms with van der Waals surface area (Å²) < 4.78 is 5.09. The maximum Gasteiger partial charge on any atom is 0.341 e. The summed E-state index contributed by atoms with van der Waals surface area (Å²) in [5, 5.41) is 18.7. The highest BCUT2D eigenvalue weighted by Gasteiger charge is 2.13. The zero-order valence-corrected chi connectivity index (χ0v) is 11.5. The Morgan fingerprint density at radius 2 is 1.95 bits per heavy atom. The number of rotatable bonds is 7. The van der Waals surface area contributed by atoms with E-state index >= 15 is 0 Å². The molecule has 1 rings (SSSR count). The van der Waals surface area contributed by atoms with Crippen LogP contribution in [0.2, 0.25) is 0 Å². The summed E-state index contributed by atoms with van der Waals surface area (Å²) in [6.07, 6.45) is 0.793. The number of carbonyl (C=O) groups excluding carboxylic acids is 1. The van der Waals surface area contributed by atoms with Crippen molar-refractivity contribution in [1.29, 1.82) is 0 Å². The van der Waals surface area contributed by atoms with E-state index in [0.29, 0.717) is 6.61 Å². The Kier molecular flexibility index (Phi) is 6.15. The van der Waals surface area contributed by atoms with Crippen LogP contribution < -0.4 is 4.90 Å². The lowest BCUT2D eigenvalue weighted by molar-refractivity contribution is -0.896. The molecule has 0 aliphatic carbocycles. The maximum absolute atomic E-state index is 11.7. The summed E-state index contributed by atoms with van der Waals surface area (Å²) in [6, 6.07) is 3.82. The maximum atomic E-state index is 11.7. The first-order valence-corrected chi connectivity index (χ1v) is 6.61. The van der Waals surface area contributed by atoms with Crippen LogP contribution in [0.15, 0.2) is 18.2 Å². The van der Waals surface area contributed by atoms with Crippen LogP contribution in [0.5, 0.6) is 11.5 Å².